The third-order valence-corrected chi connectivity index (χ3v) is 5.89. The molecule has 0 unspecified atom stereocenters. The lowest BCUT2D eigenvalue weighted by atomic mass is 10.0. The van der Waals surface area contributed by atoms with E-state index in [0.717, 1.165) is 5.39 Å². The van der Waals surface area contributed by atoms with Crippen molar-refractivity contribution in [3.05, 3.63) is 101 Å². The van der Waals surface area contributed by atoms with Crippen molar-refractivity contribution in [2.45, 2.75) is 10.6 Å². The Morgan fingerprint density at radius 2 is 1.56 bits per heavy atom. The van der Waals surface area contributed by atoms with Crippen molar-refractivity contribution in [2.24, 2.45) is 0 Å². The molecule has 1 atom stereocenters. The van der Waals surface area contributed by atoms with Gasteiger partial charge < -0.3 is 4.42 Å². The number of hydrogen-bond donors (Lipinski definition) is 0. The number of furan rings is 1. The molecule has 1 aromatic heterocycles. The van der Waals surface area contributed by atoms with Crippen LogP contribution >= 0.6 is 11.6 Å². The lowest BCUT2D eigenvalue weighted by Crippen LogP contribution is -2.05. The summed E-state index contributed by atoms with van der Waals surface area (Å²) < 4.78 is 18.8. The summed E-state index contributed by atoms with van der Waals surface area (Å²) in [6, 6.07) is 23.3. The molecule has 134 valence electrons. The van der Waals surface area contributed by atoms with Crippen LogP contribution in [0.25, 0.3) is 11.0 Å². The Morgan fingerprint density at radius 1 is 0.889 bits per heavy atom. The summed E-state index contributed by atoms with van der Waals surface area (Å²) in [5, 5.41) is 1.39. The number of carbonyl (C=O) groups is 1. The van der Waals surface area contributed by atoms with Gasteiger partial charge >= 0.3 is 0 Å². The first-order valence-corrected chi connectivity index (χ1v) is 10.1. The third-order valence-electron chi connectivity index (χ3n) is 4.29. The molecule has 4 rings (SSSR count). The highest BCUT2D eigenvalue weighted by Gasteiger charge is 2.23. The number of hydrogen-bond acceptors (Lipinski definition) is 3. The van der Waals surface area contributed by atoms with E-state index < -0.39 is 10.8 Å². The van der Waals surface area contributed by atoms with E-state index in [-0.39, 0.29) is 17.3 Å². The second-order valence-electron chi connectivity index (χ2n) is 6.04. The van der Waals surface area contributed by atoms with E-state index >= 15 is 0 Å². The highest BCUT2D eigenvalue weighted by Crippen LogP contribution is 2.30. The quantitative estimate of drug-likeness (QED) is 0.412. The Morgan fingerprint density at radius 3 is 2.30 bits per heavy atom. The molecular formula is C22H15ClO3S. The van der Waals surface area contributed by atoms with Gasteiger partial charge in [0, 0.05) is 26.4 Å². The molecule has 0 aliphatic rings. The third kappa shape index (κ3) is 3.59. The van der Waals surface area contributed by atoms with Crippen LogP contribution in [-0.4, -0.2) is 9.99 Å². The molecule has 1 heterocycles. The second-order valence-corrected chi connectivity index (χ2v) is 7.93. The summed E-state index contributed by atoms with van der Waals surface area (Å²) in [5.41, 5.74) is 1.81. The minimum absolute atomic E-state index is 0.187. The van der Waals surface area contributed by atoms with Crippen LogP contribution in [0.2, 0.25) is 5.02 Å². The summed E-state index contributed by atoms with van der Waals surface area (Å²) in [4.78, 5) is 13.6. The minimum atomic E-state index is -1.33. The molecule has 4 aromatic rings. The average Bonchev–Trinajstić information content (AvgIpc) is 3.07. The summed E-state index contributed by atoms with van der Waals surface area (Å²) in [6.45, 7) is 0. The molecule has 0 bridgehead atoms. The zero-order valence-corrected chi connectivity index (χ0v) is 15.8. The normalized spacial score (nSPS) is 12.2. The minimum Gasteiger partial charge on any atom is -0.452 e. The number of para-hydroxylation sites is 1. The van der Waals surface area contributed by atoms with Gasteiger partial charge in [-0.15, -0.1) is 0 Å². The summed E-state index contributed by atoms with van der Waals surface area (Å²) in [5.74, 6) is 0.214. The smallest absolute Gasteiger partial charge is 0.228 e. The average molecular weight is 395 g/mol. The number of halogens is 1. The number of carbonyl (C=O) groups excluding carboxylic acids is 1. The molecule has 0 radical (unpaired) electrons. The van der Waals surface area contributed by atoms with Gasteiger partial charge in [-0.3, -0.25) is 9.00 Å². The largest absolute Gasteiger partial charge is 0.452 e. The molecule has 0 N–H and O–H groups in total. The van der Waals surface area contributed by atoms with Crippen LogP contribution in [0.5, 0.6) is 0 Å². The highest BCUT2D eigenvalue weighted by molar-refractivity contribution is 7.84. The number of rotatable bonds is 5. The lowest BCUT2D eigenvalue weighted by Gasteiger charge is -2.05. The molecule has 5 heteroatoms. The van der Waals surface area contributed by atoms with E-state index in [4.69, 9.17) is 16.0 Å². The number of fused-ring (bicyclic) bond motifs is 1. The fourth-order valence-electron chi connectivity index (χ4n) is 2.95. The monoisotopic (exact) mass is 394 g/mol. The Balaban J connectivity index is 1.78. The van der Waals surface area contributed by atoms with Crippen LogP contribution < -0.4 is 0 Å². The van der Waals surface area contributed by atoms with Crippen molar-refractivity contribution in [1.29, 1.82) is 0 Å². The van der Waals surface area contributed by atoms with E-state index in [9.17, 15) is 9.00 Å². The van der Waals surface area contributed by atoms with Gasteiger partial charge in [0.15, 0.2) is 5.76 Å². The molecule has 0 saturated carbocycles. The van der Waals surface area contributed by atoms with Gasteiger partial charge in [-0.25, -0.2) is 0 Å². The molecule has 0 fully saturated rings. The molecular weight excluding hydrogens is 380 g/mol. The van der Waals surface area contributed by atoms with Gasteiger partial charge in [-0.2, -0.15) is 0 Å². The maximum absolute atomic E-state index is 13.0. The molecule has 0 saturated heterocycles. The predicted molar refractivity (Wildman–Crippen MR) is 108 cm³/mol. The fraction of sp³-hybridized carbons (Fsp3) is 0.0455. The molecule has 0 amide bonds. The first kappa shape index (κ1) is 17.7. The van der Waals surface area contributed by atoms with Crippen molar-refractivity contribution in [1.82, 2.24) is 0 Å². The Kier molecular flexibility index (Phi) is 4.92. The first-order chi connectivity index (χ1) is 13.1. The van der Waals surface area contributed by atoms with Gasteiger partial charge in [0.1, 0.15) is 5.58 Å². The van der Waals surface area contributed by atoms with Crippen molar-refractivity contribution in [2.75, 3.05) is 0 Å². The Hall–Kier alpha value is -2.69. The zero-order valence-electron chi connectivity index (χ0n) is 14.2. The Labute approximate surface area is 164 Å². The standard InChI is InChI=1S/C22H15ClO3S/c23-16-10-12-17(13-11-16)27(25)14-19-18-8-4-5-9-20(18)26-22(19)21(24)15-6-2-1-3-7-15/h1-13H,14H2/t27-/m1/s1. The number of ketones is 1. The molecule has 3 nitrogen and oxygen atoms in total. The molecule has 0 aliphatic heterocycles. The van der Waals surface area contributed by atoms with Gasteiger partial charge in [0.2, 0.25) is 5.78 Å². The van der Waals surface area contributed by atoms with E-state index in [1.807, 2.05) is 30.3 Å². The van der Waals surface area contributed by atoms with Crippen LogP contribution in [0.15, 0.2) is 88.2 Å². The molecule has 0 spiro atoms. The van der Waals surface area contributed by atoms with Crippen LogP contribution in [0.1, 0.15) is 21.7 Å². The van der Waals surface area contributed by atoms with Crippen LogP contribution in [0.3, 0.4) is 0 Å². The second kappa shape index (κ2) is 7.51. The van der Waals surface area contributed by atoms with Crippen LogP contribution in [0.4, 0.5) is 0 Å². The summed E-state index contributed by atoms with van der Waals surface area (Å²) >= 11 is 5.91. The predicted octanol–water partition coefficient (Wildman–Crippen LogP) is 5.63. The van der Waals surface area contributed by atoms with Gasteiger partial charge in [-0.05, 0) is 30.3 Å². The van der Waals surface area contributed by atoms with Gasteiger partial charge in [0.05, 0.1) is 16.6 Å². The van der Waals surface area contributed by atoms with Crippen LogP contribution in [0, 0.1) is 0 Å². The topological polar surface area (TPSA) is 47.3 Å². The van der Waals surface area contributed by atoms with E-state index in [1.54, 1.807) is 48.5 Å². The van der Waals surface area contributed by atoms with Crippen molar-refractivity contribution < 1.29 is 13.4 Å². The molecule has 3 aromatic carbocycles. The lowest BCUT2D eigenvalue weighted by molar-refractivity contribution is 0.101. The van der Waals surface area contributed by atoms with E-state index in [1.165, 1.54) is 0 Å². The summed E-state index contributed by atoms with van der Waals surface area (Å²) in [7, 11) is -1.33. The number of benzene rings is 3. The summed E-state index contributed by atoms with van der Waals surface area (Å²) in [6.07, 6.45) is 0. The zero-order chi connectivity index (χ0) is 18.8. The fourth-order valence-corrected chi connectivity index (χ4v) is 4.23. The SMILES string of the molecule is O=C(c1ccccc1)c1oc2ccccc2c1C[S@@](=O)c1ccc(Cl)cc1. The highest BCUT2D eigenvalue weighted by atomic mass is 35.5. The van der Waals surface area contributed by atoms with E-state index in [2.05, 4.69) is 0 Å². The van der Waals surface area contributed by atoms with Crippen LogP contribution in [-0.2, 0) is 16.6 Å². The first-order valence-electron chi connectivity index (χ1n) is 8.37. The van der Waals surface area contributed by atoms with E-state index in [0.29, 0.717) is 26.6 Å². The molecule has 0 aliphatic carbocycles. The Bertz CT molecular complexity index is 1130. The van der Waals surface area contributed by atoms with Gasteiger partial charge in [0.25, 0.3) is 0 Å². The van der Waals surface area contributed by atoms with Crippen molar-refractivity contribution >= 4 is 39.2 Å². The van der Waals surface area contributed by atoms with Gasteiger partial charge in [-0.1, -0.05) is 60.1 Å². The maximum atomic E-state index is 13.0. The molecule has 27 heavy (non-hydrogen) atoms. The maximum Gasteiger partial charge on any atom is 0.228 e. The van der Waals surface area contributed by atoms with Crippen molar-refractivity contribution in [3.8, 4) is 0 Å². The van der Waals surface area contributed by atoms with Crippen molar-refractivity contribution in [3.63, 3.8) is 0 Å².